The summed E-state index contributed by atoms with van der Waals surface area (Å²) in [6, 6.07) is 14.8. The fourth-order valence-corrected chi connectivity index (χ4v) is 2.00. The highest BCUT2D eigenvalue weighted by Crippen LogP contribution is 2.16. The van der Waals surface area contributed by atoms with E-state index in [9.17, 15) is 4.79 Å². The van der Waals surface area contributed by atoms with Gasteiger partial charge in [-0.3, -0.25) is 0 Å². The number of nitrogens with zero attached hydrogens (tertiary/aromatic N) is 1. The fourth-order valence-electron chi connectivity index (χ4n) is 2.00. The third-order valence-corrected chi connectivity index (χ3v) is 3.25. The average Bonchev–Trinajstić information content (AvgIpc) is 2.56. The Morgan fingerprint density at radius 1 is 1.17 bits per heavy atom. The maximum atomic E-state index is 11.9. The second-order valence-corrected chi connectivity index (χ2v) is 5.88. The van der Waals surface area contributed by atoms with E-state index < -0.39 is 0 Å². The molecule has 0 aliphatic rings. The van der Waals surface area contributed by atoms with Crippen molar-refractivity contribution in [2.24, 2.45) is 11.0 Å². The second-order valence-electron chi connectivity index (χ2n) is 5.88. The molecule has 126 valence electrons. The zero-order chi connectivity index (χ0) is 17.4. The number of nitrogens with one attached hydrogen (secondary N) is 2. The first kappa shape index (κ1) is 17.5. The molecule has 5 heteroatoms. The van der Waals surface area contributed by atoms with Gasteiger partial charge in [0.1, 0.15) is 5.75 Å². The minimum atomic E-state index is -0.388. The van der Waals surface area contributed by atoms with E-state index in [0.717, 1.165) is 22.6 Å². The van der Waals surface area contributed by atoms with E-state index in [2.05, 4.69) is 29.7 Å². The minimum absolute atomic E-state index is 0.388. The number of hydrogen-bond acceptors (Lipinski definition) is 3. The number of urea groups is 1. The molecule has 24 heavy (non-hydrogen) atoms. The molecule has 0 bridgehead atoms. The van der Waals surface area contributed by atoms with Crippen molar-refractivity contribution in [1.82, 2.24) is 5.43 Å². The molecule has 0 aromatic heterocycles. The largest absolute Gasteiger partial charge is 0.493 e. The van der Waals surface area contributed by atoms with E-state index in [-0.39, 0.29) is 6.03 Å². The number of carbonyl (C=O) groups excluding carboxylic acids is 1. The number of ether oxygens (including phenoxy) is 1. The second kappa shape index (κ2) is 8.72. The Hall–Kier alpha value is -2.82. The number of hydrazone groups is 1. The Morgan fingerprint density at radius 2 is 1.88 bits per heavy atom. The van der Waals surface area contributed by atoms with Gasteiger partial charge in [-0.05, 0) is 36.6 Å². The van der Waals surface area contributed by atoms with Crippen LogP contribution in [0.3, 0.4) is 0 Å². The zero-order valence-electron chi connectivity index (χ0n) is 14.2. The molecule has 0 heterocycles. The molecule has 0 saturated carbocycles. The highest BCUT2D eigenvalue weighted by atomic mass is 16.5. The summed E-state index contributed by atoms with van der Waals surface area (Å²) in [6.45, 7) is 6.75. The maximum absolute atomic E-state index is 11.9. The van der Waals surface area contributed by atoms with Crippen LogP contribution >= 0.6 is 0 Å². The van der Waals surface area contributed by atoms with E-state index >= 15 is 0 Å². The van der Waals surface area contributed by atoms with Crippen LogP contribution in [-0.2, 0) is 0 Å². The van der Waals surface area contributed by atoms with Gasteiger partial charge in [-0.15, -0.1) is 0 Å². The molecule has 0 fully saturated rings. The standard InChI is InChI=1S/C19H23N3O2/c1-14(2)13-24-18-11-7-5-9-16(18)12-20-22-19(23)21-17-10-6-4-8-15(17)3/h4-12,14H,13H2,1-3H3,(H2,21,22,23)/b20-12-. The fraction of sp³-hybridized carbons (Fsp3) is 0.263. The highest BCUT2D eigenvalue weighted by molar-refractivity contribution is 5.91. The summed E-state index contributed by atoms with van der Waals surface area (Å²) in [5, 5.41) is 6.74. The summed E-state index contributed by atoms with van der Waals surface area (Å²) in [7, 11) is 0. The third-order valence-electron chi connectivity index (χ3n) is 3.25. The van der Waals surface area contributed by atoms with Crippen LogP contribution in [0.1, 0.15) is 25.0 Å². The van der Waals surface area contributed by atoms with E-state index in [1.807, 2.05) is 55.5 Å². The number of para-hydroxylation sites is 2. The lowest BCUT2D eigenvalue weighted by atomic mass is 10.2. The van der Waals surface area contributed by atoms with Crippen LogP contribution in [0.15, 0.2) is 53.6 Å². The summed E-state index contributed by atoms with van der Waals surface area (Å²) >= 11 is 0. The van der Waals surface area contributed by atoms with Crippen molar-refractivity contribution in [1.29, 1.82) is 0 Å². The Balaban J connectivity index is 1.94. The van der Waals surface area contributed by atoms with Gasteiger partial charge in [0, 0.05) is 11.3 Å². The first-order valence-corrected chi connectivity index (χ1v) is 7.94. The molecule has 2 aromatic rings. The van der Waals surface area contributed by atoms with Crippen LogP contribution in [0, 0.1) is 12.8 Å². The van der Waals surface area contributed by atoms with Gasteiger partial charge in [-0.1, -0.05) is 44.2 Å². The van der Waals surface area contributed by atoms with Crippen molar-refractivity contribution in [3.05, 3.63) is 59.7 Å². The Morgan fingerprint density at radius 3 is 2.62 bits per heavy atom. The molecule has 0 spiro atoms. The Bertz CT molecular complexity index is 711. The van der Waals surface area contributed by atoms with Gasteiger partial charge >= 0.3 is 6.03 Å². The van der Waals surface area contributed by atoms with Gasteiger partial charge in [-0.25, -0.2) is 10.2 Å². The van der Waals surface area contributed by atoms with Gasteiger partial charge in [0.15, 0.2) is 0 Å². The number of aryl methyl sites for hydroxylation is 1. The number of carbonyl (C=O) groups is 1. The first-order valence-electron chi connectivity index (χ1n) is 7.94. The lowest BCUT2D eigenvalue weighted by Crippen LogP contribution is -2.24. The molecule has 0 aliphatic carbocycles. The smallest absolute Gasteiger partial charge is 0.339 e. The minimum Gasteiger partial charge on any atom is -0.493 e. The monoisotopic (exact) mass is 325 g/mol. The number of anilines is 1. The topological polar surface area (TPSA) is 62.7 Å². The van der Waals surface area contributed by atoms with Crippen molar-refractivity contribution < 1.29 is 9.53 Å². The maximum Gasteiger partial charge on any atom is 0.339 e. The average molecular weight is 325 g/mol. The zero-order valence-corrected chi connectivity index (χ0v) is 14.2. The van der Waals surface area contributed by atoms with Gasteiger partial charge < -0.3 is 10.1 Å². The molecule has 0 atom stereocenters. The van der Waals surface area contributed by atoms with Crippen LogP contribution in [0.4, 0.5) is 10.5 Å². The molecule has 2 amide bonds. The number of benzene rings is 2. The lowest BCUT2D eigenvalue weighted by Gasteiger charge is -2.10. The Kier molecular flexibility index (Phi) is 6.37. The quantitative estimate of drug-likeness (QED) is 0.618. The summed E-state index contributed by atoms with van der Waals surface area (Å²) in [5.41, 5.74) is 5.02. The lowest BCUT2D eigenvalue weighted by molar-refractivity contribution is 0.252. The predicted molar refractivity (Wildman–Crippen MR) is 97.7 cm³/mol. The molecule has 5 nitrogen and oxygen atoms in total. The first-order chi connectivity index (χ1) is 11.6. The molecular formula is C19H23N3O2. The molecule has 2 aromatic carbocycles. The normalized spacial score (nSPS) is 10.8. The molecule has 0 unspecified atom stereocenters. The number of amides is 2. The van der Waals surface area contributed by atoms with Crippen molar-refractivity contribution >= 4 is 17.9 Å². The van der Waals surface area contributed by atoms with Crippen molar-refractivity contribution in [2.75, 3.05) is 11.9 Å². The van der Waals surface area contributed by atoms with E-state index in [0.29, 0.717) is 12.5 Å². The highest BCUT2D eigenvalue weighted by Gasteiger charge is 2.04. The number of rotatable bonds is 6. The molecule has 0 aliphatic heterocycles. The molecule has 2 rings (SSSR count). The summed E-state index contributed by atoms with van der Waals surface area (Å²) < 4.78 is 5.75. The van der Waals surface area contributed by atoms with Gasteiger partial charge in [0.05, 0.1) is 12.8 Å². The summed E-state index contributed by atoms with van der Waals surface area (Å²) in [4.78, 5) is 11.9. The van der Waals surface area contributed by atoms with Crippen LogP contribution < -0.4 is 15.5 Å². The summed E-state index contributed by atoms with van der Waals surface area (Å²) in [6.07, 6.45) is 1.58. The van der Waals surface area contributed by atoms with Crippen LogP contribution in [0.5, 0.6) is 5.75 Å². The van der Waals surface area contributed by atoms with Crippen LogP contribution in [0.25, 0.3) is 0 Å². The van der Waals surface area contributed by atoms with Gasteiger partial charge in [-0.2, -0.15) is 5.10 Å². The third kappa shape index (κ3) is 5.43. The molecular weight excluding hydrogens is 302 g/mol. The van der Waals surface area contributed by atoms with E-state index in [1.54, 1.807) is 6.21 Å². The molecule has 2 N–H and O–H groups in total. The molecule has 0 saturated heterocycles. The van der Waals surface area contributed by atoms with Gasteiger partial charge in [0.2, 0.25) is 0 Å². The van der Waals surface area contributed by atoms with Crippen molar-refractivity contribution in [3.8, 4) is 5.75 Å². The van der Waals surface area contributed by atoms with Crippen LogP contribution in [0.2, 0.25) is 0 Å². The van der Waals surface area contributed by atoms with Crippen LogP contribution in [-0.4, -0.2) is 18.9 Å². The van der Waals surface area contributed by atoms with Crippen molar-refractivity contribution in [2.45, 2.75) is 20.8 Å². The number of hydrogen-bond donors (Lipinski definition) is 2. The molecule has 0 radical (unpaired) electrons. The summed E-state index contributed by atoms with van der Waals surface area (Å²) in [5.74, 6) is 1.18. The van der Waals surface area contributed by atoms with Gasteiger partial charge in [0.25, 0.3) is 0 Å². The van der Waals surface area contributed by atoms with E-state index in [4.69, 9.17) is 4.74 Å². The Labute approximate surface area is 142 Å². The SMILES string of the molecule is Cc1ccccc1NC(=O)N/N=C\c1ccccc1OCC(C)C. The van der Waals surface area contributed by atoms with E-state index in [1.165, 1.54) is 0 Å². The van der Waals surface area contributed by atoms with Crippen molar-refractivity contribution in [3.63, 3.8) is 0 Å². The predicted octanol–water partition coefficient (Wildman–Crippen LogP) is 4.19.